The predicted molar refractivity (Wildman–Crippen MR) is 144 cm³/mol. The molecule has 0 aliphatic rings. The van der Waals surface area contributed by atoms with Crippen molar-refractivity contribution in [2.24, 2.45) is 0 Å². The molecule has 0 aliphatic carbocycles. The second kappa shape index (κ2) is 10.5. The minimum absolute atomic E-state index is 0.0225. The molecule has 0 spiro atoms. The second-order valence-electron chi connectivity index (χ2n) is 9.80. The van der Waals surface area contributed by atoms with Gasteiger partial charge < -0.3 is 15.2 Å². The third kappa shape index (κ3) is 5.18. The van der Waals surface area contributed by atoms with E-state index in [1.54, 1.807) is 48.3 Å². The number of hydrogen-bond donors (Lipinski definition) is 2. The van der Waals surface area contributed by atoms with Crippen LogP contribution in [0.4, 0.5) is 0 Å². The summed E-state index contributed by atoms with van der Waals surface area (Å²) < 4.78 is 34.5. The molecule has 4 aromatic rings. The highest BCUT2D eigenvalue weighted by atomic mass is 32.2. The van der Waals surface area contributed by atoms with Gasteiger partial charge in [0.25, 0.3) is 5.91 Å². The lowest BCUT2D eigenvalue weighted by atomic mass is 10.2. The molecule has 0 bridgehead atoms. The van der Waals surface area contributed by atoms with Crippen molar-refractivity contribution < 1.29 is 23.1 Å². The van der Waals surface area contributed by atoms with Crippen molar-refractivity contribution in [3.8, 4) is 17.1 Å². The highest BCUT2D eigenvalue weighted by Crippen LogP contribution is 2.34. The highest BCUT2D eigenvalue weighted by molar-refractivity contribution is 7.92. The molecule has 4 heterocycles. The van der Waals surface area contributed by atoms with Crippen LogP contribution in [0.1, 0.15) is 61.0 Å². The lowest BCUT2D eigenvalue weighted by Crippen LogP contribution is -2.28. The quantitative estimate of drug-likeness (QED) is 0.317. The summed E-state index contributed by atoms with van der Waals surface area (Å²) in [4.78, 5) is 23.0. The summed E-state index contributed by atoms with van der Waals surface area (Å²) in [6.07, 6.45) is 4.81. The maximum Gasteiger partial charge on any atom is 0.270 e. The maximum atomic E-state index is 13.4. The zero-order valence-electron chi connectivity index (χ0n) is 22.2. The molecule has 13 heteroatoms. The van der Waals surface area contributed by atoms with Gasteiger partial charge in [-0.15, -0.1) is 11.3 Å². The lowest BCUT2D eigenvalue weighted by molar-refractivity contribution is 0.0929. The number of nitrogens with zero attached hydrogens (tertiary/aromatic N) is 5. The number of thiazole rings is 1. The Balaban J connectivity index is 1.76. The number of sulfone groups is 1. The number of carbonyl (C=O) groups is 1. The molecule has 0 fully saturated rings. The molecule has 1 amide bonds. The monoisotopic (exact) mass is 560 g/mol. The van der Waals surface area contributed by atoms with Crippen molar-refractivity contribution >= 4 is 32.7 Å². The molecule has 1 atom stereocenters. The van der Waals surface area contributed by atoms with Crippen LogP contribution in [0.25, 0.3) is 17.0 Å². The molecular formula is C25H32N6O5S2. The van der Waals surface area contributed by atoms with Gasteiger partial charge in [-0.2, -0.15) is 5.10 Å². The SMILES string of the molecule is CCn1nc(-c2cnc3cc(OCCO)c(S(=O)(=O)C(C)(C)C)cn23)cc1C(=O)N[C@H](C)c1ncc(C)s1. The number of amides is 1. The van der Waals surface area contributed by atoms with Gasteiger partial charge in [0.15, 0.2) is 9.84 Å². The number of aliphatic hydroxyl groups excluding tert-OH is 1. The van der Waals surface area contributed by atoms with E-state index in [1.807, 2.05) is 20.8 Å². The zero-order chi connectivity index (χ0) is 27.8. The van der Waals surface area contributed by atoms with Crippen LogP contribution < -0.4 is 10.1 Å². The smallest absolute Gasteiger partial charge is 0.270 e. The van der Waals surface area contributed by atoms with Crippen molar-refractivity contribution in [1.29, 1.82) is 0 Å². The topological polar surface area (TPSA) is 141 Å². The van der Waals surface area contributed by atoms with Crippen molar-refractivity contribution in [3.05, 3.63) is 46.3 Å². The maximum absolute atomic E-state index is 13.4. The third-order valence-electron chi connectivity index (χ3n) is 5.95. The molecule has 4 aromatic heterocycles. The van der Waals surface area contributed by atoms with E-state index in [0.717, 1.165) is 9.88 Å². The first-order valence-electron chi connectivity index (χ1n) is 12.2. The van der Waals surface area contributed by atoms with E-state index in [-0.39, 0.29) is 35.8 Å². The van der Waals surface area contributed by atoms with Gasteiger partial charge in [0.05, 0.1) is 29.3 Å². The van der Waals surface area contributed by atoms with Crippen LogP contribution in [0.3, 0.4) is 0 Å². The molecule has 0 radical (unpaired) electrons. The Morgan fingerprint density at radius 2 is 1.97 bits per heavy atom. The Labute approximate surface area is 225 Å². The molecule has 11 nitrogen and oxygen atoms in total. The molecule has 204 valence electrons. The van der Waals surface area contributed by atoms with Gasteiger partial charge >= 0.3 is 0 Å². The standard InChI is InChI=1S/C25H32N6O5S2/c1-7-31-18(23(33)28-16(3)24-27-12-15(2)37-24)10-17(29-31)19-13-26-22-11-20(36-9-8-32)21(14-30(19)22)38(34,35)25(4,5)6/h10-14,16,32H,7-9H2,1-6H3,(H,28,33)/t16-/m1/s1. The Morgan fingerprint density at radius 3 is 2.58 bits per heavy atom. The molecule has 0 aliphatic heterocycles. The van der Waals surface area contributed by atoms with Gasteiger partial charge in [0.1, 0.15) is 39.3 Å². The van der Waals surface area contributed by atoms with Crippen LogP contribution in [-0.4, -0.2) is 61.5 Å². The van der Waals surface area contributed by atoms with Crippen LogP contribution in [-0.2, 0) is 16.4 Å². The Morgan fingerprint density at radius 1 is 1.24 bits per heavy atom. The lowest BCUT2D eigenvalue weighted by Gasteiger charge is -2.21. The fourth-order valence-corrected chi connectivity index (χ4v) is 5.91. The van der Waals surface area contributed by atoms with Crippen LogP contribution >= 0.6 is 11.3 Å². The first kappa shape index (κ1) is 27.7. The number of ether oxygens (including phenoxy) is 1. The van der Waals surface area contributed by atoms with Crippen molar-refractivity contribution in [2.75, 3.05) is 13.2 Å². The summed E-state index contributed by atoms with van der Waals surface area (Å²) in [6, 6.07) is 2.92. The van der Waals surface area contributed by atoms with Crippen LogP contribution in [0.15, 0.2) is 35.6 Å². The number of fused-ring (bicyclic) bond motifs is 1. The average molecular weight is 561 g/mol. The number of pyridine rings is 1. The second-order valence-corrected chi connectivity index (χ2v) is 13.7. The normalized spacial score (nSPS) is 13.1. The number of aryl methyl sites for hydroxylation is 2. The first-order valence-corrected chi connectivity index (χ1v) is 14.5. The third-order valence-corrected chi connectivity index (χ3v) is 9.54. The number of hydrogen-bond acceptors (Lipinski definition) is 9. The van der Waals surface area contributed by atoms with E-state index in [1.165, 1.54) is 23.6 Å². The predicted octanol–water partition coefficient (Wildman–Crippen LogP) is 3.42. The molecule has 38 heavy (non-hydrogen) atoms. The van der Waals surface area contributed by atoms with Gasteiger partial charge in [0.2, 0.25) is 0 Å². The Bertz CT molecular complexity index is 1580. The van der Waals surface area contributed by atoms with Crippen LogP contribution in [0.2, 0.25) is 0 Å². The van der Waals surface area contributed by atoms with E-state index in [2.05, 4.69) is 20.4 Å². The van der Waals surface area contributed by atoms with Crippen molar-refractivity contribution in [3.63, 3.8) is 0 Å². The number of aliphatic hydroxyl groups is 1. The molecule has 0 saturated carbocycles. The molecule has 0 saturated heterocycles. The summed E-state index contributed by atoms with van der Waals surface area (Å²) >= 11 is 1.53. The summed E-state index contributed by atoms with van der Waals surface area (Å²) in [5.41, 5.74) is 1.78. The Hall–Kier alpha value is -3.29. The van der Waals surface area contributed by atoms with Gasteiger partial charge in [-0.05, 0) is 47.6 Å². The van der Waals surface area contributed by atoms with Crippen LogP contribution in [0, 0.1) is 6.92 Å². The molecule has 0 aromatic carbocycles. The van der Waals surface area contributed by atoms with Gasteiger partial charge in [-0.25, -0.2) is 18.4 Å². The summed E-state index contributed by atoms with van der Waals surface area (Å²) in [6.45, 7) is 10.7. The zero-order valence-corrected chi connectivity index (χ0v) is 23.9. The van der Waals surface area contributed by atoms with E-state index < -0.39 is 14.6 Å². The van der Waals surface area contributed by atoms with E-state index >= 15 is 0 Å². The average Bonchev–Trinajstić information content (AvgIpc) is 3.58. The fourth-order valence-electron chi connectivity index (χ4n) is 3.85. The minimum Gasteiger partial charge on any atom is -0.490 e. The number of imidazole rings is 1. The number of rotatable bonds is 9. The number of aromatic nitrogens is 5. The van der Waals surface area contributed by atoms with E-state index in [9.17, 15) is 18.3 Å². The number of carbonyl (C=O) groups excluding carboxylic acids is 1. The van der Waals surface area contributed by atoms with E-state index in [4.69, 9.17) is 4.74 Å². The first-order chi connectivity index (χ1) is 17.9. The van der Waals surface area contributed by atoms with E-state index in [0.29, 0.717) is 29.3 Å². The minimum atomic E-state index is -3.81. The highest BCUT2D eigenvalue weighted by Gasteiger charge is 2.34. The molecule has 4 rings (SSSR count). The molecule has 0 unspecified atom stereocenters. The fraction of sp³-hybridized carbons (Fsp3) is 0.440. The molecular weight excluding hydrogens is 528 g/mol. The summed E-state index contributed by atoms with van der Waals surface area (Å²) in [5, 5.41) is 17.6. The Kier molecular flexibility index (Phi) is 7.64. The summed E-state index contributed by atoms with van der Waals surface area (Å²) in [7, 11) is -3.81. The largest absolute Gasteiger partial charge is 0.490 e. The van der Waals surface area contributed by atoms with Crippen LogP contribution in [0.5, 0.6) is 5.75 Å². The van der Waals surface area contributed by atoms with Crippen molar-refractivity contribution in [1.82, 2.24) is 29.5 Å². The molecule has 2 N–H and O–H groups in total. The van der Waals surface area contributed by atoms with Gasteiger partial charge in [0, 0.05) is 29.9 Å². The summed E-state index contributed by atoms with van der Waals surface area (Å²) in [5.74, 6) is -0.181. The van der Waals surface area contributed by atoms with Gasteiger partial charge in [-0.1, -0.05) is 0 Å². The van der Waals surface area contributed by atoms with Crippen molar-refractivity contribution in [2.45, 2.75) is 63.8 Å². The number of nitrogens with one attached hydrogen (secondary N) is 1. The van der Waals surface area contributed by atoms with Gasteiger partial charge in [-0.3, -0.25) is 13.9 Å².